The third-order valence-corrected chi connectivity index (χ3v) is 13.1. The summed E-state index contributed by atoms with van der Waals surface area (Å²) in [4.78, 5) is 7.54. The van der Waals surface area contributed by atoms with Crippen LogP contribution >= 0.6 is 0 Å². The molecular formula is C57H42BN3. The molecule has 9 aromatic carbocycles. The van der Waals surface area contributed by atoms with E-state index in [2.05, 4.69) is 247 Å². The summed E-state index contributed by atoms with van der Waals surface area (Å²) in [5.74, 6) is 0. The lowest BCUT2D eigenvalue weighted by Crippen LogP contribution is -2.68. The number of hydrogen-bond donors (Lipinski definition) is 0. The summed E-state index contributed by atoms with van der Waals surface area (Å²) in [6.07, 6.45) is 0. The Morgan fingerprint density at radius 2 is 0.705 bits per heavy atom. The van der Waals surface area contributed by atoms with Crippen LogP contribution in [0.1, 0.15) is 33.4 Å². The van der Waals surface area contributed by atoms with Gasteiger partial charge in [-0.2, -0.15) is 0 Å². The fourth-order valence-electron chi connectivity index (χ4n) is 10.9. The van der Waals surface area contributed by atoms with Gasteiger partial charge < -0.3 is 14.7 Å². The van der Waals surface area contributed by atoms with Gasteiger partial charge in [-0.05, 0) is 136 Å². The van der Waals surface area contributed by atoms with Gasteiger partial charge >= 0.3 is 0 Å². The van der Waals surface area contributed by atoms with Crippen molar-refractivity contribution in [1.29, 1.82) is 0 Å². The molecule has 3 heterocycles. The van der Waals surface area contributed by atoms with E-state index in [1.165, 1.54) is 72.5 Å². The van der Waals surface area contributed by atoms with Crippen molar-refractivity contribution >= 4 is 74.3 Å². The van der Waals surface area contributed by atoms with Crippen molar-refractivity contribution in [1.82, 2.24) is 0 Å². The summed E-state index contributed by atoms with van der Waals surface area (Å²) >= 11 is 0. The van der Waals surface area contributed by atoms with Crippen LogP contribution in [0.4, 0.5) is 51.2 Å². The van der Waals surface area contributed by atoms with Crippen molar-refractivity contribution in [3.8, 4) is 0 Å². The molecule has 0 aliphatic carbocycles. The highest BCUT2D eigenvalue weighted by atomic mass is 15.2. The second-order valence-electron chi connectivity index (χ2n) is 16.7. The molecule has 61 heavy (non-hydrogen) atoms. The molecule has 0 unspecified atom stereocenters. The van der Waals surface area contributed by atoms with Crippen molar-refractivity contribution in [3.05, 3.63) is 252 Å². The third-order valence-electron chi connectivity index (χ3n) is 13.1. The predicted molar refractivity (Wildman–Crippen MR) is 256 cm³/mol. The maximum atomic E-state index is 2.56. The molecule has 3 nitrogen and oxygen atoms in total. The van der Waals surface area contributed by atoms with Gasteiger partial charge in [-0.3, -0.25) is 0 Å². The van der Waals surface area contributed by atoms with Crippen LogP contribution in [0.3, 0.4) is 0 Å². The van der Waals surface area contributed by atoms with E-state index in [0.29, 0.717) is 0 Å². The van der Waals surface area contributed by atoms with Crippen LogP contribution in [0.5, 0.6) is 0 Å². The fourth-order valence-corrected chi connectivity index (χ4v) is 10.9. The van der Waals surface area contributed by atoms with E-state index in [9.17, 15) is 0 Å². The van der Waals surface area contributed by atoms with Crippen molar-refractivity contribution in [2.24, 2.45) is 0 Å². The molecule has 0 aromatic heterocycles. The predicted octanol–water partition coefficient (Wildman–Crippen LogP) is 12.6. The Morgan fingerprint density at radius 3 is 1.10 bits per heavy atom. The monoisotopic (exact) mass is 779 g/mol. The van der Waals surface area contributed by atoms with E-state index in [1.54, 1.807) is 0 Å². The second kappa shape index (κ2) is 13.8. The minimum atomic E-state index is -0.595. The number of nitrogens with zero attached hydrogens (tertiary/aromatic N) is 3. The largest absolute Gasteiger partial charge is 0.311 e. The molecule has 0 atom stereocenters. The van der Waals surface area contributed by atoms with E-state index >= 15 is 0 Å². The van der Waals surface area contributed by atoms with E-state index in [-0.39, 0.29) is 6.71 Å². The molecule has 9 aromatic rings. The van der Waals surface area contributed by atoms with Gasteiger partial charge in [-0.15, -0.1) is 0 Å². The highest BCUT2D eigenvalue weighted by Crippen LogP contribution is 2.55. The Hall–Kier alpha value is -7.56. The summed E-state index contributed by atoms with van der Waals surface area (Å²) in [7, 11) is 0. The van der Waals surface area contributed by atoms with Gasteiger partial charge in [0.05, 0.1) is 11.1 Å². The molecule has 0 amide bonds. The molecule has 12 rings (SSSR count). The van der Waals surface area contributed by atoms with Gasteiger partial charge in [0.25, 0.3) is 6.71 Å². The normalized spacial score (nSPS) is 13.8. The van der Waals surface area contributed by atoms with Crippen LogP contribution in [0.15, 0.2) is 218 Å². The average molecular weight is 780 g/mol. The zero-order valence-corrected chi connectivity index (χ0v) is 34.2. The van der Waals surface area contributed by atoms with Crippen LogP contribution in [0.2, 0.25) is 0 Å². The summed E-state index contributed by atoms with van der Waals surface area (Å²) in [6, 6.07) is 80.9. The number of anilines is 9. The summed E-state index contributed by atoms with van der Waals surface area (Å²) in [5, 5.41) is 0. The first kappa shape index (κ1) is 35.4. The zero-order chi connectivity index (χ0) is 40.7. The average Bonchev–Trinajstić information content (AvgIpc) is 3.31. The van der Waals surface area contributed by atoms with E-state index in [1.807, 2.05) is 0 Å². The topological polar surface area (TPSA) is 9.72 Å². The molecule has 0 radical (unpaired) electrons. The third kappa shape index (κ3) is 5.18. The summed E-state index contributed by atoms with van der Waals surface area (Å²) < 4.78 is 0. The Morgan fingerprint density at radius 1 is 0.361 bits per heavy atom. The van der Waals surface area contributed by atoms with Crippen molar-refractivity contribution in [3.63, 3.8) is 0 Å². The van der Waals surface area contributed by atoms with Gasteiger partial charge in [-0.1, -0.05) is 146 Å². The van der Waals surface area contributed by atoms with Crippen molar-refractivity contribution in [2.75, 3.05) is 14.7 Å². The first-order chi connectivity index (χ1) is 30.1. The van der Waals surface area contributed by atoms with Gasteiger partial charge in [0, 0.05) is 45.5 Å². The standard InChI is InChI=1S/C57H42BN3/c1-39-33-48-54-50(35-39)60(45-29-17-7-18-30-45)52-37-47(59(43-25-13-5-14-26-43)44-27-15-6-16-28-44)38-53-56(52)58(54)55-49(34-40(2)36-51(55)61(53)46-31-19-8-20-32-46)57(48,41-21-9-3-10-22-41)42-23-11-4-12-24-42/h3-38H,1-2H3. The SMILES string of the molecule is Cc1cc2c3c(c1)C(c1ccccc1)(c1ccccc1)c1cc(C)cc4c1B3c1c(cc(N(c3ccccc3)c3ccccc3)cc1N4c1ccccc1)N2c1ccccc1. The lowest BCUT2D eigenvalue weighted by Gasteiger charge is -2.52. The van der Waals surface area contributed by atoms with Gasteiger partial charge in [0.15, 0.2) is 0 Å². The lowest BCUT2D eigenvalue weighted by molar-refractivity contribution is 0.748. The van der Waals surface area contributed by atoms with Crippen LogP contribution in [0.25, 0.3) is 0 Å². The zero-order valence-electron chi connectivity index (χ0n) is 34.2. The van der Waals surface area contributed by atoms with Gasteiger partial charge in [0.1, 0.15) is 0 Å². The molecule has 0 bridgehead atoms. The van der Waals surface area contributed by atoms with E-state index in [4.69, 9.17) is 0 Å². The Bertz CT molecular complexity index is 2890. The molecule has 3 aliphatic rings. The highest BCUT2D eigenvalue weighted by Gasteiger charge is 2.55. The maximum absolute atomic E-state index is 2.56. The Labute approximate surface area is 358 Å². The molecule has 288 valence electrons. The summed E-state index contributed by atoms with van der Waals surface area (Å²) in [5.41, 5.74) is 21.6. The molecule has 0 N–H and O–H groups in total. The number of rotatable bonds is 7. The van der Waals surface area contributed by atoms with Gasteiger partial charge in [0.2, 0.25) is 0 Å². The second-order valence-corrected chi connectivity index (χ2v) is 16.7. The Kier molecular flexibility index (Phi) is 7.98. The van der Waals surface area contributed by atoms with Crippen LogP contribution in [-0.4, -0.2) is 6.71 Å². The van der Waals surface area contributed by atoms with E-state index < -0.39 is 5.41 Å². The van der Waals surface area contributed by atoms with Gasteiger partial charge in [-0.25, -0.2) is 0 Å². The van der Waals surface area contributed by atoms with Crippen molar-refractivity contribution in [2.45, 2.75) is 19.3 Å². The van der Waals surface area contributed by atoms with Crippen molar-refractivity contribution < 1.29 is 0 Å². The van der Waals surface area contributed by atoms with E-state index in [0.717, 1.165) is 28.4 Å². The number of para-hydroxylation sites is 4. The smallest absolute Gasteiger partial charge is 0.253 e. The van der Waals surface area contributed by atoms with Crippen LogP contribution in [0, 0.1) is 13.8 Å². The minimum absolute atomic E-state index is 0.0161. The molecular weight excluding hydrogens is 737 g/mol. The number of benzene rings is 9. The first-order valence-electron chi connectivity index (χ1n) is 21.3. The maximum Gasteiger partial charge on any atom is 0.253 e. The highest BCUT2D eigenvalue weighted by molar-refractivity contribution is 7.01. The number of hydrogen-bond acceptors (Lipinski definition) is 3. The number of aryl methyl sites for hydroxylation is 2. The molecule has 0 saturated carbocycles. The molecule has 0 fully saturated rings. The van der Waals surface area contributed by atoms with Crippen LogP contribution < -0.4 is 31.1 Å². The quantitative estimate of drug-likeness (QED) is 0.149. The minimum Gasteiger partial charge on any atom is -0.311 e. The molecule has 3 aliphatic heterocycles. The molecule has 0 spiro atoms. The Balaban J connectivity index is 1.28. The summed E-state index contributed by atoms with van der Waals surface area (Å²) in [6.45, 7) is 4.54. The molecule has 0 saturated heterocycles. The molecule has 4 heteroatoms. The van der Waals surface area contributed by atoms with Crippen LogP contribution in [-0.2, 0) is 5.41 Å². The fraction of sp³-hybridized carbons (Fsp3) is 0.0526. The first-order valence-corrected chi connectivity index (χ1v) is 21.3. The lowest BCUT2D eigenvalue weighted by atomic mass is 9.28.